The van der Waals surface area contributed by atoms with Gasteiger partial charge in [0.1, 0.15) is 5.25 Å². The van der Waals surface area contributed by atoms with Crippen molar-refractivity contribution in [1.82, 2.24) is 5.32 Å². The molecule has 0 heterocycles. The minimum Gasteiger partial charge on any atom is -0.358 e. The largest absolute Gasteiger partial charge is 0.358 e. The summed E-state index contributed by atoms with van der Waals surface area (Å²) in [4.78, 5) is 11.3. The Morgan fingerprint density at radius 1 is 1.33 bits per heavy atom. The normalized spacial score (nSPS) is 13.1. The number of halogens is 2. The molecule has 0 saturated heterocycles. The smallest absolute Gasteiger partial charge is 0.237 e. The molecule has 1 aromatic carbocycles. The Hall–Kier alpha value is -0.780. The highest BCUT2D eigenvalue weighted by Gasteiger charge is 2.27. The predicted molar refractivity (Wildman–Crippen MR) is 72.6 cm³/mol. The highest BCUT2D eigenvalue weighted by Crippen LogP contribution is 2.24. The van der Waals surface area contributed by atoms with Gasteiger partial charge >= 0.3 is 0 Å². The molecule has 1 N–H and O–H groups in total. The van der Waals surface area contributed by atoms with Crippen molar-refractivity contribution >= 4 is 38.9 Å². The first-order chi connectivity index (χ1) is 8.27. The standard InChI is InChI=1S/C11H13Cl2NO3S/c1-7(11(15)14-2)18(16,17)6-8-3-4-9(12)10(13)5-8/h3-5,7H,6H2,1-2H3,(H,14,15)/t7-/m0/s1. The van der Waals surface area contributed by atoms with E-state index in [1.54, 1.807) is 6.07 Å². The van der Waals surface area contributed by atoms with Crippen LogP contribution in [0.3, 0.4) is 0 Å². The SMILES string of the molecule is CNC(=O)[C@H](C)S(=O)(=O)Cc1ccc(Cl)c(Cl)c1. The average Bonchev–Trinajstić information content (AvgIpc) is 2.31. The van der Waals surface area contributed by atoms with Crippen LogP contribution in [-0.2, 0) is 20.4 Å². The van der Waals surface area contributed by atoms with Crippen molar-refractivity contribution in [2.24, 2.45) is 0 Å². The van der Waals surface area contributed by atoms with Gasteiger partial charge in [0.15, 0.2) is 9.84 Å². The van der Waals surface area contributed by atoms with E-state index in [-0.39, 0.29) is 10.8 Å². The number of benzene rings is 1. The van der Waals surface area contributed by atoms with Crippen LogP contribution in [0, 0.1) is 0 Å². The lowest BCUT2D eigenvalue weighted by Gasteiger charge is -2.11. The molecule has 0 saturated carbocycles. The molecule has 0 aliphatic heterocycles. The molecule has 100 valence electrons. The number of rotatable bonds is 4. The van der Waals surface area contributed by atoms with Crippen molar-refractivity contribution < 1.29 is 13.2 Å². The average molecular weight is 310 g/mol. The lowest BCUT2D eigenvalue weighted by atomic mass is 10.2. The number of hydrogen-bond acceptors (Lipinski definition) is 3. The maximum atomic E-state index is 12.0. The van der Waals surface area contributed by atoms with Gasteiger partial charge in [0.25, 0.3) is 0 Å². The second-order valence-corrected chi connectivity index (χ2v) is 6.95. The first-order valence-electron chi connectivity index (χ1n) is 5.15. The summed E-state index contributed by atoms with van der Waals surface area (Å²) < 4.78 is 23.9. The second-order valence-electron chi connectivity index (χ2n) is 3.81. The number of sulfone groups is 1. The molecule has 0 spiro atoms. The van der Waals surface area contributed by atoms with E-state index in [9.17, 15) is 13.2 Å². The van der Waals surface area contributed by atoms with E-state index in [0.29, 0.717) is 10.6 Å². The van der Waals surface area contributed by atoms with Crippen molar-refractivity contribution in [1.29, 1.82) is 0 Å². The third-order valence-electron chi connectivity index (χ3n) is 2.51. The fourth-order valence-corrected chi connectivity index (χ4v) is 3.01. The van der Waals surface area contributed by atoms with Crippen LogP contribution in [0.25, 0.3) is 0 Å². The minimum absolute atomic E-state index is 0.252. The molecule has 1 amide bonds. The van der Waals surface area contributed by atoms with Gasteiger partial charge in [0.05, 0.1) is 15.8 Å². The number of carbonyl (C=O) groups excluding carboxylic acids is 1. The molecule has 1 rings (SSSR count). The molecule has 0 aromatic heterocycles. The van der Waals surface area contributed by atoms with E-state index in [0.717, 1.165) is 0 Å². The minimum atomic E-state index is -3.57. The molecule has 0 unspecified atom stereocenters. The molecule has 0 aliphatic rings. The topological polar surface area (TPSA) is 63.2 Å². The lowest BCUT2D eigenvalue weighted by molar-refractivity contribution is -0.119. The maximum Gasteiger partial charge on any atom is 0.237 e. The van der Waals surface area contributed by atoms with E-state index in [2.05, 4.69) is 5.32 Å². The zero-order chi connectivity index (χ0) is 13.9. The van der Waals surface area contributed by atoms with Crippen molar-refractivity contribution in [2.45, 2.75) is 17.9 Å². The van der Waals surface area contributed by atoms with E-state index in [1.807, 2.05) is 0 Å². The first-order valence-corrected chi connectivity index (χ1v) is 7.62. The molecule has 0 fully saturated rings. The Bertz CT molecular complexity index is 557. The molecular weight excluding hydrogens is 297 g/mol. The maximum absolute atomic E-state index is 12.0. The van der Waals surface area contributed by atoms with Crippen LogP contribution in [0.2, 0.25) is 10.0 Å². The van der Waals surface area contributed by atoms with Gasteiger partial charge in [-0.2, -0.15) is 0 Å². The molecule has 0 aliphatic carbocycles. The number of hydrogen-bond donors (Lipinski definition) is 1. The lowest BCUT2D eigenvalue weighted by Crippen LogP contribution is -2.36. The molecule has 18 heavy (non-hydrogen) atoms. The Labute approximate surface area is 116 Å². The van der Waals surface area contributed by atoms with Crippen molar-refractivity contribution in [3.8, 4) is 0 Å². The number of amides is 1. The third-order valence-corrected chi connectivity index (χ3v) is 5.27. The van der Waals surface area contributed by atoms with Crippen molar-refractivity contribution in [3.05, 3.63) is 33.8 Å². The van der Waals surface area contributed by atoms with Crippen LogP contribution in [0.4, 0.5) is 0 Å². The summed E-state index contributed by atoms with van der Waals surface area (Å²) >= 11 is 11.5. The zero-order valence-corrected chi connectivity index (χ0v) is 12.2. The van der Waals surface area contributed by atoms with Gasteiger partial charge in [-0.05, 0) is 24.6 Å². The summed E-state index contributed by atoms with van der Waals surface area (Å²) in [6.45, 7) is 1.35. The molecule has 0 radical (unpaired) electrons. The Morgan fingerprint density at radius 2 is 1.94 bits per heavy atom. The van der Waals surface area contributed by atoms with E-state index >= 15 is 0 Å². The van der Waals surface area contributed by atoms with Crippen molar-refractivity contribution in [3.63, 3.8) is 0 Å². The summed E-state index contributed by atoms with van der Waals surface area (Å²) in [6.07, 6.45) is 0. The fraction of sp³-hybridized carbons (Fsp3) is 0.364. The quantitative estimate of drug-likeness (QED) is 0.925. The monoisotopic (exact) mass is 309 g/mol. The van der Waals surface area contributed by atoms with Gasteiger partial charge in [0.2, 0.25) is 5.91 Å². The zero-order valence-electron chi connectivity index (χ0n) is 9.91. The van der Waals surface area contributed by atoms with Crippen LogP contribution in [0.15, 0.2) is 18.2 Å². The fourth-order valence-electron chi connectivity index (χ4n) is 1.35. The number of carbonyl (C=O) groups is 1. The third kappa shape index (κ3) is 3.60. The Balaban J connectivity index is 2.95. The van der Waals surface area contributed by atoms with Gasteiger partial charge in [-0.25, -0.2) is 8.42 Å². The summed E-state index contributed by atoms with van der Waals surface area (Å²) in [5.74, 6) is -0.784. The molecule has 1 atom stereocenters. The Morgan fingerprint density at radius 3 is 2.44 bits per heavy atom. The summed E-state index contributed by atoms with van der Waals surface area (Å²) in [5, 5.41) is 1.86. The first kappa shape index (κ1) is 15.3. The van der Waals surface area contributed by atoms with Gasteiger partial charge in [-0.15, -0.1) is 0 Å². The molecule has 0 bridgehead atoms. The molecule has 7 heteroatoms. The second kappa shape index (κ2) is 5.91. The Kier molecular flexibility index (Phi) is 5.01. The van der Waals surface area contributed by atoms with E-state index in [4.69, 9.17) is 23.2 Å². The highest BCUT2D eigenvalue weighted by atomic mass is 35.5. The summed E-state index contributed by atoms with van der Waals surface area (Å²) in [5.41, 5.74) is 0.500. The van der Waals surface area contributed by atoms with Gasteiger partial charge in [-0.1, -0.05) is 29.3 Å². The van der Waals surface area contributed by atoms with Crippen LogP contribution in [-0.4, -0.2) is 26.6 Å². The van der Waals surface area contributed by atoms with Crippen molar-refractivity contribution in [2.75, 3.05) is 7.05 Å². The van der Waals surface area contributed by atoms with Gasteiger partial charge < -0.3 is 5.32 Å². The van der Waals surface area contributed by atoms with Crippen LogP contribution in [0.5, 0.6) is 0 Å². The highest BCUT2D eigenvalue weighted by molar-refractivity contribution is 7.92. The summed E-state index contributed by atoms with van der Waals surface area (Å²) in [6, 6.07) is 4.58. The van der Waals surface area contributed by atoms with E-state index < -0.39 is 21.0 Å². The van der Waals surface area contributed by atoms with Crippen LogP contribution < -0.4 is 5.32 Å². The van der Waals surface area contributed by atoms with Crippen LogP contribution >= 0.6 is 23.2 Å². The molecular formula is C11H13Cl2NO3S. The predicted octanol–water partition coefficient (Wildman–Crippen LogP) is 2.04. The van der Waals surface area contributed by atoms with Gasteiger partial charge in [-0.3, -0.25) is 4.79 Å². The van der Waals surface area contributed by atoms with Crippen LogP contribution in [0.1, 0.15) is 12.5 Å². The van der Waals surface area contributed by atoms with E-state index in [1.165, 1.54) is 26.1 Å². The number of nitrogens with one attached hydrogen (secondary N) is 1. The summed E-state index contributed by atoms with van der Waals surface area (Å²) in [7, 11) is -2.17. The van der Waals surface area contributed by atoms with Gasteiger partial charge in [0, 0.05) is 7.05 Å². The molecule has 1 aromatic rings. The molecule has 4 nitrogen and oxygen atoms in total.